The van der Waals surface area contributed by atoms with E-state index in [1.165, 1.54) is 9.75 Å². The number of carbonyl (C=O) groups is 1. The first-order valence-electron chi connectivity index (χ1n) is 11.7. The summed E-state index contributed by atoms with van der Waals surface area (Å²) < 4.78 is 38.8. The molecule has 0 aliphatic carbocycles. The van der Waals surface area contributed by atoms with Gasteiger partial charge in [-0.3, -0.25) is 9.80 Å². The van der Waals surface area contributed by atoms with Crippen molar-refractivity contribution in [2.24, 2.45) is 0 Å². The number of thiophene rings is 1. The lowest BCUT2D eigenvalue weighted by Crippen LogP contribution is -2.46. The standard InChI is InChI=1S/C23H26N6OS.C2HF3O2/c1-16-4-7-19(31-16)14-28-11-10-27(2)21(15-28)23-20-8-5-18(13-29(20)26-25-23)17-6-9-22(30-3)24-12-17;3-2(4,5)1(6)7/h4-9,12-13,21H,10-11,14-15H2,1-3H3;(H,6,7). The number of ether oxygens (including phenoxy) is 1. The molecule has 1 atom stereocenters. The number of aliphatic carboxylic acids is 1. The third kappa shape index (κ3) is 6.47. The molecule has 9 nitrogen and oxygen atoms in total. The third-order valence-electron chi connectivity index (χ3n) is 6.18. The molecule has 1 saturated heterocycles. The summed E-state index contributed by atoms with van der Waals surface area (Å²) in [6.07, 6.45) is -1.25. The second-order valence-corrected chi connectivity index (χ2v) is 10.2. The molecular weight excluding hydrogens is 521 g/mol. The van der Waals surface area contributed by atoms with Gasteiger partial charge in [-0.05, 0) is 38.2 Å². The van der Waals surface area contributed by atoms with Crippen LogP contribution in [0.25, 0.3) is 16.6 Å². The van der Waals surface area contributed by atoms with Crippen molar-refractivity contribution in [1.29, 1.82) is 0 Å². The number of aryl methyl sites for hydroxylation is 1. The molecule has 0 spiro atoms. The molecule has 1 aliphatic rings. The molecule has 13 heteroatoms. The number of likely N-dealkylation sites (N-methyl/N-ethyl adjacent to an activating group) is 1. The summed E-state index contributed by atoms with van der Waals surface area (Å²) in [4.78, 5) is 20.9. The summed E-state index contributed by atoms with van der Waals surface area (Å²) in [5.74, 6) is -2.15. The number of halogens is 3. The normalized spacial score (nSPS) is 16.7. The Hall–Kier alpha value is -3.55. The van der Waals surface area contributed by atoms with Crippen LogP contribution in [0, 0.1) is 6.92 Å². The quantitative estimate of drug-likeness (QED) is 0.395. The Balaban J connectivity index is 0.000000426. The fraction of sp³-hybridized carbons (Fsp3) is 0.360. The van der Waals surface area contributed by atoms with E-state index in [-0.39, 0.29) is 6.04 Å². The summed E-state index contributed by atoms with van der Waals surface area (Å²) in [6.45, 7) is 6.20. The summed E-state index contributed by atoms with van der Waals surface area (Å²) in [6, 6.07) is 12.8. The molecule has 0 aromatic carbocycles. The molecule has 1 aliphatic heterocycles. The molecule has 0 amide bonds. The lowest BCUT2D eigenvalue weighted by atomic mass is 10.1. The molecule has 5 heterocycles. The van der Waals surface area contributed by atoms with Crippen molar-refractivity contribution in [3.63, 3.8) is 0 Å². The van der Waals surface area contributed by atoms with Gasteiger partial charge in [0.2, 0.25) is 5.88 Å². The number of aromatic nitrogens is 4. The van der Waals surface area contributed by atoms with E-state index in [1.807, 2.05) is 40.4 Å². The molecule has 1 fully saturated rings. The minimum absolute atomic E-state index is 0.223. The van der Waals surface area contributed by atoms with Crippen LogP contribution in [0.15, 0.2) is 48.8 Å². The number of carboxylic acid groups (broad SMARTS) is 1. The predicted octanol–water partition coefficient (Wildman–Crippen LogP) is 4.29. The third-order valence-corrected chi connectivity index (χ3v) is 7.17. The van der Waals surface area contributed by atoms with Gasteiger partial charge in [0.1, 0.15) is 5.69 Å². The molecule has 1 N–H and O–H groups in total. The van der Waals surface area contributed by atoms with Crippen LogP contribution in [0.1, 0.15) is 21.5 Å². The summed E-state index contributed by atoms with van der Waals surface area (Å²) in [7, 11) is 3.80. The first-order valence-corrected chi connectivity index (χ1v) is 12.5. The van der Waals surface area contributed by atoms with Crippen molar-refractivity contribution in [2.75, 3.05) is 33.8 Å². The fourth-order valence-electron chi connectivity index (χ4n) is 4.15. The van der Waals surface area contributed by atoms with Gasteiger partial charge in [0.15, 0.2) is 0 Å². The van der Waals surface area contributed by atoms with E-state index in [9.17, 15) is 13.2 Å². The van der Waals surface area contributed by atoms with Gasteiger partial charge in [-0.2, -0.15) is 13.2 Å². The largest absolute Gasteiger partial charge is 0.490 e. The van der Waals surface area contributed by atoms with Gasteiger partial charge < -0.3 is 9.84 Å². The maximum atomic E-state index is 10.6. The van der Waals surface area contributed by atoms with Crippen molar-refractivity contribution in [3.8, 4) is 17.0 Å². The van der Waals surface area contributed by atoms with Crippen LogP contribution in [0.3, 0.4) is 0 Å². The lowest BCUT2D eigenvalue weighted by Gasteiger charge is -2.38. The summed E-state index contributed by atoms with van der Waals surface area (Å²) in [5.41, 5.74) is 4.16. The number of nitrogens with zero attached hydrogens (tertiary/aromatic N) is 6. The molecule has 5 rings (SSSR count). The second kappa shape index (κ2) is 11.5. The lowest BCUT2D eigenvalue weighted by molar-refractivity contribution is -0.192. The second-order valence-electron chi connectivity index (χ2n) is 8.86. The number of fused-ring (bicyclic) bond motifs is 1. The number of hydrogen-bond acceptors (Lipinski definition) is 8. The van der Waals surface area contributed by atoms with E-state index < -0.39 is 12.1 Å². The number of methoxy groups -OCH3 is 1. The summed E-state index contributed by atoms with van der Waals surface area (Å²) >= 11 is 1.88. The van der Waals surface area contributed by atoms with E-state index in [0.29, 0.717) is 5.88 Å². The molecular formula is C25H27F3N6O3S. The number of alkyl halides is 3. The van der Waals surface area contributed by atoms with E-state index in [2.05, 4.69) is 63.3 Å². The molecule has 0 saturated carbocycles. The van der Waals surface area contributed by atoms with Gasteiger partial charge in [-0.1, -0.05) is 11.3 Å². The minimum Gasteiger partial charge on any atom is -0.481 e. The zero-order chi connectivity index (χ0) is 27.4. The van der Waals surface area contributed by atoms with Crippen LogP contribution in [0.5, 0.6) is 5.88 Å². The smallest absolute Gasteiger partial charge is 0.481 e. The Morgan fingerprint density at radius 2 is 1.89 bits per heavy atom. The van der Waals surface area contributed by atoms with Gasteiger partial charge >= 0.3 is 12.1 Å². The van der Waals surface area contributed by atoms with Gasteiger partial charge in [0.05, 0.1) is 18.7 Å². The Morgan fingerprint density at radius 3 is 2.50 bits per heavy atom. The van der Waals surface area contributed by atoms with Crippen molar-refractivity contribution in [1.82, 2.24) is 29.6 Å². The van der Waals surface area contributed by atoms with E-state index in [0.717, 1.165) is 48.5 Å². The molecule has 202 valence electrons. The van der Waals surface area contributed by atoms with Crippen molar-refractivity contribution >= 4 is 22.8 Å². The van der Waals surface area contributed by atoms with Gasteiger partial charge in [-0.25, -0.2) is 14.3 Å². The molecule has 0 bridgehead atoms. The van der Waals surface area contributed by atoms with Crippen molar-refractivity contribution in [2.45, 2.75) is 25.7 Å². The van der Waals surface area contributed by atoms with E-state index in [1.54, 1.807) is 7.11 Å². The van der Waals surface area contributed by atoms with Crippen LogP contribution in [-0.2, 0) is 11.3 Å². The van der Waals surface area contributed by atoms with E-state index >= 15 is 0 Å². The van der Waals surface area contributed by atoms with E-state index in [4.69, 9.17) is 14.6 Å². The minimum atomic E-state index is -5.08. The Labute approximate surface area is 221 Å². The highest BCUT2D eigenvalue weighted by Crippen LogP contribution is 2.29. The Bertz CT molecular complexity index is 1390. The number of carboxylic acids is 1. The highest BCUT2D eigenvalue weighted by atomic mass is 32.1. The van der Waals surface area contributed by atoms with Crippen LogP contribution in [-0.4, -0.2) is 80.7 Å². The highest BCUT2D eigenvalue weighted by molar-refractivity contribution is 7.11. The number of pyridine rings is 2. The Morgan fingerprint density at radius 1 is 1.16 bits per heavy atom. The van der Waals surface area contributed by atoms with Crippen LogP contribution >= 0.6 is 11.3 Å². The average Bonchev–Trinajstić information content (AvgIpc) is 3.50. The van der Waals surface area contributed by atoms with Crippen LogP contribution < -0.4 is 4.74 Å². The number of rotatable bonds is 5. The first kappa shape index (κ1) is 27.5. The van der Waals surface area contributed by atoms with Crippen LogP contribution in [0.2, 0.25) is 0 Å². The van der Waals surface area contributed by atoms with Crippen molar-refractivity contribution < 1.29 is 27.8 Å². The number of piperazine rings is 1. The van der Waals surface area contributed by atoms with Gasteiger partial charge in [0, 0.05) is 65.5 Å². The molecule has 1 unspecified atom stereocenters. The molecule has 4 aromatic heterocycles. The monoisotopic (exact) mass is 548 g/mol. The molecule has 38 heavy (non-hydrogen) atoms. The van der Waals surface area contributed by atoms with Gasteiger partial charge in [-0.15, -0.1) is 16.4 Å². The highest BCUT2D eigenvalue weighted by Gasteiger charge is 2.38. The Kier molecular flexibility index (Phi) is 8.29. The zero-order valence-electron chi connectivity index (χ0n) is 21.0. The SMILES string of the molecule is COc1ccc(-c2ccc3c(C4CN(Cc5ccc(C)s5)CCN4C)nnn3c2)cn1.O=C(O)C(F)(F)F. The molecule has 0 radical (unpaired) electrons. The predicted molar refractivity (Wildman–Crippen MR) is 136 cm³/mol. The zero-order valence-corrected chi connectivity index (χ0v) is 21.8. The van der Waals surface area contributed by atoms with Gasteiger partial charge in [0.25, 0.3) is 0 Å². The maximum absolute atomic E-state index is 10.6. The first-order chi connectivity index (χ1) is 18.0. The molecule has 4 aromatic rings. The maximum Gasteiger partial charge on any atom is 0.490 e. The van der Waals surface area contributed by atoms with Crippen LogP contribution in [0.4, 0.5) is 13.2 Å². The average molecular weight is 549 g/mol. The topological polar surface area (TPSA) is 96.1 Å². The summed E-state index contributed by atoms with van der Waals surface area (Å²) in [5, 5.41) is 16.2. The van der Waals surface area contributed by atoms with Crippen molar-refractivity contribution in [3.05, 3.63) is 64.2 Å². The number of hydrogen-bond donors (Lipinski definition) is 1. The fourth-order valence-corrected chi connectivity index (χ4v) is 5.09.